The normalized spacial score (nSPS) is 11.5. The molecule has 0 radical (unpaired) electrons. The number of hydrogen-bond acceptors (Lipinski definition) is 2. The van der Waals surface area contributed by atoms with Crippen LogP contribution in [-0.4, -0.2) is 7.11 Å². The van der Waals surface area contributed by atoms with Gasteiger partial charge in [-0.15, -0.1) is 0 Å². The number of benzene rings is 1. The van der Waals surface area contributed by atoms with Gasteiger partial charge in [-0.2, -0.15) is 12.6 Å². The minimum atomic E-state index is -0.395. The van der Waals surface area contributed by atoms with Crippen molar-refractivity contribution in [2.75, 3.05) is 7.11 Å². The van der Waals surface area contributed by atoms with Crippen LogP contribution in [0.5, 0.6) is 5.75 Å². The molecule has 72 valence electrons. The SMILES string of the molecule is COc1ccc(F)cc1C(C)(C)S. The van der Waals surface area contributed by atoms with Gasteiger partial charge in [0.25, 0.3) is 0 Å². The van der Waals surface area contributed by atoms with Crippen molar-refractivity contribution in [3.05, 3.63) is 29.6 Å². The van der Waals surface area contributed by atoms with Gasteiger partial charge in [0.1, 0.15) is 11.6 Å². The van der Waals surface area contributed by atoms with Crippen molar-refractivity contribution in [1.82, 2.24) is 0 Å². The van der Waals surface area contributed by atoms with Gasteiger partial charge < -0.3 is 4.74 Å². The highest BCUT2D eigenvalue weighted by atomic mass is 32.1. The Kier molecular flexibility index (Phi) is 2.86. The van der Waals surface area contributed by atoms with Crippen molar-refractivity contribution in [2.24, 2.45) is 0 Å². The Balaban J connectivity index is 3.24. The predicted octanol–water partition coefficient (Wildman–Crippen LogP) is 3.00. The zero-order valence-corrected chi connectivity index (χ0v) is 8.86. The van der Waals surface area contributed by atoms with Gasteiger partial charge in [0.2, 0.25) is 0 Å². The van der Waals surface area contributed by atoms with E-state index in [4.69, 9.17) is 4.74 Å². The van der Waals surface area contributed by atoms with Crippen LogP contribution in [-0.2, 0) is 4.75 Å². The van der Waals surface area contributed by atoms with Gasteiger partial charge in [0.05, 0.1) is 7.11 Å². The topological polar surface area (TPSA) is 9.23 Å². The Bertz CT molecular complexity index is 304. The fourth-order valence-electron chi connectivity index (χ4n) is 1.16. The molecule has 0 fully saturated rings. The molecule has 0 bridgehead atoms. The molecule has 1 rings (SSSR count). The second-order valence-corrected chi connectivity index (χ2v) is 4.52. The zero-order chi connectivity index (χ0) is 10.1. The van der Waals surface area contributed by atoms with Crippen molar-refractivity contribution in [3.8, 4) is 5.75 Å². The Morgan fingerprint density at radius 1 is 1.38 bits per heavy atom. The largest absolute Gasteiger partial charge is 0.496 e. The quantitative estimate of drug-likeness (QED) is 0.722. The highest BCUT2D eigenvalue weighted by molar-refractivity contribution is 7.81. The van der Waals surface area contributed by atoms with Crippen molar-refractivity contribution >= 4 is 12.6 Å². The zero-order valence-electron chi connectivity index (χ0n) is 7.97. The van der Waals surface area contributed by atoms with Gasteiger partial charge in [-0.25, -0.2) is 4.39 Å². The second-order valence-electron chi connectivity index (χ2n) is 3.40. The van der Waals surface area contributed by atoms with Gasteiger partial charge >= 0.3 is 0 Å². The maximum Gasteiger partial charge on any atom is 0.123 e. The van der Waals surface area contributed by atoms with Gasteiger partial charge in [0.15, 0.2) is 0 Å². The summed E-state index contributed by atoms with van der Waals surface area (Å²) in [6.07, 6.45) is 0. The van der Waals surface area contributed by atoms with Crippen LogP contribution in [0.25, 0.3) is 0 Å². The van der Waals surface area contributed by atoms with Crippen LogP contribution in [0.3, 0.4) is 0 Å². The van der Waals surface area contributed by atoms with E-state index in [1.54, 1.807) is 13.2 Å². The van der Waals surface area contributed by atoms with Crippen molar-refractivity contribution < 1.29 is 9.13 Å². The molecule has 13 heavy (non-hydrogen) atoms. The molecule has 0 aliphatic heterocycles. The van der Waals surface area contributed by atoms with E-state index in [2.05, 4.69) is 12.6 Å². The summed E-state index contributed by atoms with van der Waals surface area (Å²) in [6.45, 7) is 3.79. The van der Waals surface area contributed by atoms with Crippen LogP contribution in [0.15, 0.2) is 18.2 Å². The fourth-order valence-corrected chi connectivity index (χ4v) is 1.33. The third-order valence-electron chi connectivity index (χ3n) is 1.82. The molecule has 0 aliphatic carbocycles. The van der Waals surface area contributed by atoms with E-state index in [0.717, 1.165) is 5.56 Å². The molecule has 0 atom stereocenters. The smallest absolute Gasteiger partial charge is 0.123 e. The summed E-state index contributed by atoms with van der Waals surface area (Å²) in [5.41, 5.74) is 0.762. The highest BCUT2D eigenvalue weighted by Gasteiger charge is 2.20. The molecular weight excluding hydrogens is 187 g/mol. The van der Waals surface area contributed by atoms with Crippen LogP contribution < -0.4 is 4.74 Å². The molecule has 0 unspecified atom stereocenters. The maximum absolute atomic E-state index is 12.9. The predicted molar refractivity (Wildman–Crippen MR) is 55.0 cm³/mol. The first kappa shape index (κ1) is 10.4. The number of thiol groups is 1. The molecule has 0 aromatic heterocycles. The number of ether oxygens (including phenoxy) is 1. The van der Waals surface area contributed by atoms with E-state index < -0.39 is 4.75 Å². The standard InChI is InChI=1S/C10H13FOS/c1-10(2,13)8-6-7(11)4-5-9(8)12-3/h4-6,13H,1-3H3. The number of hydrogen-bond donors (Lipinski definition) is 1. The fraction of sp³-hybridized carbons (Fsp3) is 0.400. The summed E-state index contributed by atoms with van der Waals surface area (Å²) in [5.74, 6) is 0.402. The van der Waals surface area contributed by atoms with E-state index in [1.807, 2.05) is 13.8 Å². The van der Waals surface area contributed by atoms with Crippen LogP contribution in [0.1, 0.15) is 19.4 Å². The Hall–Kier alpha value is -0.700. The van der Waals surface area contributed by atoms with Crippen LogP contribution in [0.2, 0.25) is 0 Å². The number of methoxy groups -OCH3 is 1. The molecule has 1 aromatic rings. The third kappa shape index (κ3) is 2.37. The molecule has 0 amide bonds. The molecular formula is C10H13FOS. The second kappa shape index (κ2) is 3.58. The first-order valence-electron chi connectivity index (χ1n) is 4.01. The van der Waals surface area contributed by atoms with Crippen molar-refractivity contribution in [1.29, 1.82) is 0 Å². The molecule has 0 spiro atoms. The summed E-state index contributed by atoms with van der Waals surface area (Å²) in [6, 6.07) is 4.44. The van der Waals surface area contributed by atoms with Gasteiger partial charge in [-0.05, 0) is 32.0 Å². The number of rotatable bonds is 2. The first-order valence-corrected chi connectivity index (χ1v) is 4.46. The monoisotopic (exact) mass is 200 g/mol. The minimum Gasteiger partial charge on any atom is -0.496 e. The van der Waals surface area contributed by atoms with Crippen molar-refractivity contribution in [2.45, 2.75) is 18.6 Å². The summed E-state index contributed by atoms with van der Waals surface area (Å²) in [4.78, 5) is 0. The maximum atomic E-state index is 12.9. The molecule has 1 aromatic carbocycles. The van der Waals surface area contributed by atoms with E-state index >= 15 is 0 Å². The van der Waals surface area contributed by atoms with Crippen LogP contribution >= 0.6 is 12.6 Å². The van der Waals surface area contributed by atoms with Gasteiger partial charge in [-0.3, -0.25) is 0 Å². The minimum absolute atomic E-state index is 0.266. The molecule has 0 heterocycles. The van der Waals surface area contributed by atoms with Gasteiger partial charge in [-0.1, -0.05) is 0 Å². The van der Waals surface area contributed by atoms with E-state index in [9.17, 15) is 4.39 Å². The summed E-state index contributed by atoms with van der Waals surface area (Å²) in [5, 5.41) is 0. The van der Waals surface area contributed by atoms with E-state index in [0.29, 0.717) is 5.75 Å². The summed E-state index contributed by atoms with van der Waals surface area (Å²) < 4.78 is 17.6. The third-order valence-corrected chi connectivity index (χ3v) is 2.06. The van der Waals surface area contributed by atoms with Crippen LogP contribution in [0.4, 0.5) is 4.39 Å². The lowest BCUT2D eigenvalue weighted by Gasteiger charge is -2.20. The Morgan fingerprint density at radius 3 is 2.46 bits per heavy atom. The highest BCUT2D eigenvalue weighted by Crippen LogP contribution is 2.34. The van der Waals surface area contributed by atoms with E-state index in [-0.39, 0.29) is 5.82 Å². The van der Waals surface area contributed by atoms with Gasteiger partial charge in [0, 0.05) is 10.3 Å². The average Bonchev–Trinajstić information content (AvgIpc) is 2.03. The molecule has 0 N–H and O–H groups in total. The molecule has 0 aliphatic rings. The Morgan fingerprint density at radius 2 is 2.00 bits per heavy atom. The molecule has 0 saturated carbocycles. The van der Waals surface area contributed by atoms with Crippen molar-refractivity contribution in [3.63, 3.8) is 0 Å². The number of halogens is 1. The lowest BCUT2D eigenvalue weighted by atomic mass is 10.0. The Labute approximate surface area is 83.3 Å². The average molecular weight is 200 g/mol. The summed E-state index contributed by atoms with van der Waals surface area (Å²) >= 11 is 4.37. The van der Waals surface area contributed by atoms with Crippen LogP contribution in [0, 0.1) is 5.82 Å². The molecule has 1 nitrogen and oxygen atoms in total. The summed E-state index contributed by atoms with van der Waals surface area (Å²) in [7, 11) is 1.57. The van der Waals surface area contributed by atoms with E-state index in [1.165, 1.54) is 12.1 Å². The first-order chi connectivity index (χ1) is 5.95. The molecule has 3 heteroatoms. The lowest BCUT2D eigenvalue weighted by molar-refractivity contribution is 0.404. The lowest BCUT2D eigenvalue weighted by Crippen LogP contribution is -2.10. The molecule has 0 saturated heterocycles.